The molecular formula is C17H14ClNO2S. The number of carbonyl (C=O) groups excluding carboxylic acids is 1. The van der Waals surface area contributed by atoms with E-state index in [2.05, 4.69) is 4.98 Å². The van der Waals surface area contributed by atoms with Crippen LogP contribution in [0.1, 0.15) is 17.4 Å². The molecular weight excluding hydrogens is 318 g/mol. The maximum atomic E-state index is 12.2. The first-order valence-corrected chi connectivity index (χ1v) is 8.09. The van der Waals surface area contributed by atoms with Gasteiger partial charge in [-0.25, -0.2) is 4.79 Å². The summed E-state index contributed by atoms with van der Waals surface area (Å²) < 4.78 is 5.15. The molecule has 0 saturated carbocycles. The number of ether oxygens (including phenoxy) is 1. The standard InChI is InChI=1S/C17H14ClNO2S/c1-2-21-17(20)15-16(22-12-6-4-3-5-7-12)13-10-11(18)8-9-14(13)19-15/h3-10,19H,2H2,1H3. The number of fused-ring (bicyclic) bond motifs is 1. The highest BCUT2D eigenvalue weighted by atomic mass is 35.5. The maximum Gasteiger partial charge on any atom is 0.355 e. The van der Waals surface area contributed by atoms with E-state index in [1.165, 1.54) is 11.8 Å². The Bertz CT molecular complexity index is 814. The van der Waals surface area contributed by atoms with E-state index in [-0.39, 0.29) is 5.97 Å². The van der Waals surface area contributed by atoms with E-state index >= 15 is 0 Å². The Labute approximate surface area is 137 Å². The topological polar surface area (TPSA) is 42.1 Å². The Morgan fingerprint density at radius 1 is 1.23 bits per heavy atom. The van der Waals surface area contributed by atoms with Gasteiger partial charge < -0.3 is 9.72 Å². The fourth-order valence-electron chi connectivity index (χ4n) is 2.20. The summed E-state index contributed by atoms with van der Waals surface area (Å²) in [4.78, 5) is 17.2. The number of hydrogen-bond acceptors (Lipinski definition) is 3. The first-order valence-electron chi connectivity index (χ1n) is 6.90. The van der Waals surface area contributed by atoms with E-state index in [9.17, 15) is 4.79 Å². The van der Waals surface area contributed by atoms with E-state index in [1.807, 2.05) is 42.5 Å². The normalized spacial score (nSPS) is 10.8. The molecule has 0 aliphatic heterocycles. The highest BCUT2D eigenvalue weighted by molar-refractivity contribution is 7.99. The summed E-state index contributed by atoms with van der Waals surface area (Å²) in [6.07, 6.45) is 0. The van der Waals surface area contributed by atoms with Gasteiger partial charge in [-0.3, -0.25) is 0 Å². The second-order valence-corrected chi connectivity index (χ2v) is 6.17. The predicted molar refractivity (Wildman–Crippen MR) is 89.8 cm³/mol. The van der Waals surface area contributed by atoms with E-state index in [0.717, 1.165) is 20.7 Å². The third-order valence-electron chi connectivity index (χ3n) is 3.16. The maximum absolute atomic E-state index is 12.2. The fraction of sp³-hybridized carbons (Fsp3) is 0.118. The monoisotopic (exact) mass is 331 g/mol. The molecule has 22 heavy (non-hydrogen) atoms. The minimum absolute atomic E-state index is 0.338. The van der Waals surface area contributed by atoms with Crippen LogP contribution in [0.25, 0.3) is 10.9 Å². The highest BCUT2D eigenvalue weighted by Crippen LogP contribution is 2.37. The third kappa shape index (κ3) is 2.98. The van der Waals surface area contributed by atoms with Crippen LogP contribution in [0.4, 0.5) is 0 Å². The van der Waals surface area contributed by atoms with E-state index < -0.39 is 0 Å². The van der Waals surface area contributed by atoms with Crippen LogP contribution < -0.4 is 0 Å². The highest BCUT2D eigenvalue weighted by Gasteiger charge is 2.20. The number of rotatable bonds is 4. The van der Waals surface area contributed by atoms with Crippen LogP contribution in [-0.4, -0.2) is 17.6 Å². The zero-order chi connectivity index (χ0) is 15.5. The Balaban J connectivity index is 2.13. The summed E-state index contributed by atoms with van der Waals surface area (Å²) in [6, 6.07) is 15.4. The lowest BCUT2D eigenvalue weighted by Crippen LogP contribution is -2.06. The van der Waals surface area contributed by atoms with Crippen molar-refractivity contribution in [2.45, 2.75) is 16.7 Å². The van der Waals surface area contributed by atoms with E-state index in [0.29, 0.717) is 17.3 Å². The lowest BCUT2D eigenvalue weighted by Gasteiger charge is -2.04. The molecule has 3 nitrogen and oxygen atoms in total. The van der Waals surface area contributed by atoms with Gasteiger partial charge in [0, 0.05) is 20.8 Å². The van der Waals surface area contributed by atoms with Gasteiger partial charge in [-0.15, -0.1) is 0 Å². The Hall–Kier alpha value is -1.91. The Morgan fingerprint density at radius 2 is 2.00 bits per heavy atom. The van der Waals surface area contributed by atoms with Crippen LogP contribution in [0, 0.1) is 0 Å². The lowest BCUT2D eigenvalue weighted by molar-refractivity contribution is 0.0516. The second-order valence-electron chi connectivity index (χ2n) is 4.65. The van der Waals surface area contributed by atoms with Gasteiger partial charge in [0.25, 0.3) is 0 Å². The SMILES string of the molecule is CCOC(=O)c1[nH]c2ccc(Cl)cc2c1Sc1ccccc1. The third-order valence-corrected chi connectivity index (χ3v) is 4.53. The van der Waals surface area contributed by atoms with Crippen molar-refractivity contribution in [2.75, 3.05) is 6.61 Å². The predicted octanol–water partition coefficient (Wildman–Crippen LogP) is 5.15. The molecule has 0 spiro atoms. The summed E-state index contributed by atoms with van der Waals surface area (Å²) in [7, 11) is 0. The average molecular weight is 332 g/mol. The molecule has 0 saturated heterocycles. The molecule has 1 N–H and O–H groups in total. The van der Waals surface area contributed by atoms with E-state index in [4.69, 9.17) is 16.3 Å². The molecule has 0 bridgehead atoms. The molecule has 5 heteroatoms. The van der Waals surface area contributed by atoms with Crippen molar-refractivity contribution in [3.8, 4) is 0 Å². The molecule has 3 rings (SSSR count). The minimum Gasteiger partial charge on any atom is -0.461 e. The first-order chi connectivity index (χ1) is 10.7. The van der Waals surface area contributed by atoms with Crippen LogP contribution in [-0.2, 0) is 4.74 Å². The van der Waals surface area contributed by atoms with Crippen molar-refractivity contribution in [3.05, 3.63) is 59.2 Å². The van der Waals surface area contributed by atoms with Crippen molar-refractivity contribution in [1.82, 2.24) is 4.98 Å². The number of aromatic amines is 1. The van der Waals surface area contributed by atoms with Gasteiger partial charge in [-0.05, 0) is 37.3 Å². The largest absolute Gasteiger partial charge is 0.461 e. The van der Waals surface area contributed by atoms with Gasteiger partial charge in [-0.1, -0.05) is 41.6 Å². The van der Waals surface area contributed by atoms with Crippen molar-refractivity contribution in [1.29, 1.82) is 0 Å². The molecule has 1 aromatic heterocycles. The van der Waals surface area contributed by atoms with Crippen molar-refractivity contribution < 1.29 is 9.53 Å². The number of halogens is 1. The van der Waals surface area contributed by atoms with Gasteiger partial charge in [0.1, 0.15) is 5.69 Å². The second kappa shape index (κ2) is 6.46. The van der Waals surface area contributed by atoms with Crippen molar-refractivity contribution in [3.63, 3.8) is 0 Å². The summed E-state index contributed by atoms with van der Waals surface area (Å²) in [5, 5.41) is 1.56. The van der Waals surface area contributed by atoms with Gasteiger partial charge in [0.2, 0.25) is 0 Å². The molecule has 2 aromatic carbocycles. The van der Waals surface area contributed by atoms with Gasteiger partial charge >= 0.3 is 5.97 Å². The average Bonchev–Trinajstić information content (AvgIpc) is 2.87. The summed E-state index contributed by atoms with van der Waals surface area (Å²) >= 11 is 7.63. The molecule has 0 amide bonds. The summed E-state index contributed by atoms with van der Waals surface area (Å²) in [5.41, 5.74) is 1.33. The van der Waals surface area contributed by atoms with Crippen LogP contribution in [0.15, 0.2) is 58.3 Å². The van der Waals surface area contributed by atoms with Crippen LogP contribution >= 0.6 is 23.4 Å². The molecule has 0 radical (unpaired) electrons. The fourth-order valence-corrected chi connectivity index (χ4v) is 3.42. The van der Waals surface area contributed by atoms with Crippen LogP contribution in [0.5, 0.6) is 0 Å². The number of H-pyrrole nitrogens is 1. The zero-order valence-corrected chi connectivity index (χ0v) is 13.5. The number of hydrogen-bond donors (Lipinski definition) is 1. The van der Waals surface area contributed by atoms with E-state index in [1.54, 1.807) is 13.0 Å². The first kappa shape index (κ1) is 15.0. The number of carbonyl (C=O) groups is 1. The molecule has 112 valence electrons. The molecule has 1 heterocycles. The van der Waals surface area contributed by atoms with Gasteiger partial charge in [0.05, 0.1) is 11.5 Å². The van der Waals surface area contributed by atoms with Crippen LogP contribution in [0.3, 0.4) is 0 Å². The van der Waals surface area contributed by atoms with Gasteiger partial charge in [-0.2, -0.15) is 0 Å². The molecule has 0 unspecified atom stereocenters. The molecule has 0 atom stereocenters. The number of nitrogens with one attached hydrogen (secondary N) is 1. The van der Waals surface area contributed by atoms with Gasteiger partial charge in [0.15, 0.2) is 0 Å². The molecule has 3 aromatic rings. The van der Waals surface area contributed by atoms with Crippen molar-refractivity contribution in [2.24, 2.45) is 0 Å². The smallest absolute Gasteiger partial charge is 0.355 e. The number of esters is 1. The quantitative estimate of drug-likeness (QED) is 0.672. The number of benzene rings is 2. The number of aromatic nitrogens is 1. The zero-order valence-electron chi connectivity index (χ0n) is 11.9. The summed E-state index contributed by atoms with van der Waals surface area (Å²) in [5.74, 6) is -0.353. The minimum atomic E-state index is -0.353. The van der Waals surface area contributed by atoms with Crippen LogP contribution in [0.2, 0.25) is 5.02 Å². The molecule has 0 aliphatic rings. The summed E-state index contributed by atoms with van der Waals surface area (Å²) in [6.45, 7) is 2.13. The lowest BCUT2D eigenvalue weighted by atomic mass is 10.2. The Morgan fingerprint density at radius 3 is 2.73 bits per heavy atom. The molecule has 0 aliphatic carbocycles. The Kier molecular flexibility index (Phi) is 4.41. The molecule has 0 fully saturated rings. The van der Waals surface area contributed by atoms with Crippen molar-refractivity contribution >= 4 is 40.2 Å².